The Hall–Kier alpha value is -1.46. The smallest absolute Gasteiger partial charge is 0.134 e. The van der Waals surface area contributed by atoms with Crippen molar-refractivity contribution < 1.29 is 5.11 Å². The zero-order valence-electron chi connectivity index (χ0n) is 8.76. The summed E-state index contributed by atoms with van der Waals surface area (Å²) in [7, 11) is 0. The Labute approximate surface area is 97.7 Å². The summed E-state index contributed by atoms with van der Waals surface area (Å²) in [4.78, 5) is 4.06. The van der Waals surface area contributed by atoms with Crippen LogP contribution in [0.15, 0.2) is 18.5 Å². The van der Waals surface area contributed by atoms with Crippen LogP contribution in [0.5, 0.6) is 0 Å². The number of pyridine rings is 1. The van der Waals surface area contributed by atoms with Crippen LogP contribution in [0.2, 0.25) is 5.15 Å². The first-order valence-electron chi connectivity index (χ1n) is 4.80. The average Bonchev–Trinajstić information content (AvgIpc) is 2.71. The van der Waals surface area contributed by atoms with Gasteiger partial charge in [-0.15, -0.1) is 5.10 Å². The van der Waals surface area contributed by atoms with Crippen LogP contribution < -0.4 is 0 Å². The van der Waals surface area contributed by atoms with Crippen LogP contribution in [0.3, 0.4) is 0 Å². The minimum absolute atomic E-state index is 0.111. The highest BCUT2D eigenvalue weighted by Gasteiger charge is 2.05. The van der Waals surface area contributed by atoms with Crippen molar-refractivity contribution in [3.8, 4) is 0 Å². The Balaban J connectivity index is 2.22. The van der Waals surface area contributed by atoms with Crippen molar-refractivity contribution in [2.24, 2.45) is 0 Å². The summed E-state index contributed by atoms with van der Waals surface area (Å²) in [5, 5.41) is 17.0. The third-order valence-corrected chi connectivity index (χ3v) is 2.47. The molecule has 2 rings (SSSR count). The van der Waals surface area contributed by atoms with Gasteiger partial charge in [0, 0.05) is 11.8 Å². The predicted molar refractivity (Wildman–Crippen MR) is 59.0 cm³/mol. The molecule has 16 heavy (non-hydrogen) atoms. The van der Waals surface area contributed by atoms with E-state index in [0.29, 0.717) is 17.4 Å². The summed E-state index contributed by atoms with van der Waals surface area (Å²) in [6.45, 7) is 2.34. The van der Waals surface area contributed by atoms with Crippen molar-refractivity contribution in [3.05, 3.63) is 40.4 Å². The first-order valence-corrected chi connectivity index (χ1v) is 5.17. The van der Waals surface area contributed by atoms with E-state index in [0.717, 1.165) is 11.1 Å². The maximum atomic E-state index is 8.86. The lowest BCUT2D eigenvalue weighted by Gasteiger charge is -2.03. The molecule has 2 heterocycles. The molecule has 0 saturated carbocycles. The molecule has 5 nitrogen and oxygen atoms in total. The molecule has 0 spiro atoms. The number of aliphatic hydroxyl groups is 1. The molecule has 0 unspecified atom stereocenters. The SMILES string of the molecule is Cc1cnc(Cl)c(Cn2cc(CO)nn2)c1. The highest BCUT2D eigenvalue weighted by Crippen LogP contribution is 2.15. The minimum Gasteiger partial charge on any atom is -0.390 e. The van der Waals surface area contributed by atoms with Crippen LogP contribution in [-0.4, -0.2) is 25.1 Å². The summed E-state index contributed by atoms with van der Waals surface area (Å²) in [6, 6.07) is 1.95. The summed E-state index contributed by atoms with van der Waals surface area (Å²) in [5.41, 5.74) is 2.47. The lowest BCUT2D eigenvalue weighted by atomic mass is 10.2. The molecule has 6 heteroatoms. The van der Waals surface area contributed by atoms with Gasteiger partial charge in [-0.1, -0.05) is 16.8 Å². The zero-order valence-corrected chi connectivity index (χ0v) is 9.52. The topological polar surface area (TPSA) is 63.8 Å². The van der Waals surface area contributed by atoms with Gasteiger partial charge in [0.2, 0.25) is 0 Å². The molecule has 0 bridgehead atoms. The van der Waals surface area contributed by atoms with Gasteiger partial charge in [0.05, 0.1) is 19.3 Å². The largest absolute Gasteiger partial charge is 0.390 e. The second-order valence-electron chi connectivity index (χ2n) is 3.53. The van der Waals surface area contributed by atoms with E-state index in [1.54, 1.807) is 17.1 Å². The predicted octanol–water partition coefficient (Wildman–Crippen LogP) is 1.18. The molecule has 2 aromatic rings. The molecule has 0 atom stereocenters. The quantitative estimate of drug-likeness (QED) is 0.816. The Morgan fingerprint density at radius 3 is 3.00 bits per heavy atom. The molecular weight excluding hydrogens is 228 g/mol. The van der Waals surface area contributed by atoms with E-state index in [4.69, 9.17) is 16.7 Å². The van der Waals surface area contributed by atoms with Gasteiger partial charge in [-0.05, 0) is 18.6 Å². The fraction of sp³-hybridized carbons (Fsp3) is 0.300. The monoisotopic (exact) mass is 238 g/mol. The third-order valence-electron chi connectivity index (χ3n) is 2.13. The summed E-state index contributed by atoms with van der Waals surface area (Å²) < 4.78 is 1.62. The van der Waals surface area contributed by atoms with Gasteiger partial charge in [0.15, 0.2) is 0 Å². The second-order valence-corrected chi connectivity index (χ2v) is 3.89. The number of nitrogens with zero attached hydrogens (tertiary/aromatic N) is 4. The number of hydrogen-bond donors (Lipinski definition) is 1. The lowest BCUT2D eigenvalue weighted by Crippen LogP contribution is -2.02. The van der Waals surface area contributed by atoms with E-state index >= 15 is 0 Å². The summed E-state index contributed by atoms with van der Waals surface area (Å²) >= 11 is 5.96. The maximum Gasteiger partial charge on any atom is 0.134 e. The van der Waals surface area contributed by atoms with E-state index in [2.05, 4.69) is 15.3 Å². The molecule has 84 valence electrons. The zero-order chi connectivity index (χ0) is 11.5. The molecule has 0 amide bonds. The van der Waals surface area contributed by atoms with E-state index in [1.807, 2.05) is 13.0 Å². The van der Waals surface area contributed by atoms with Crippen LogP contribution in [0.4, 0.5) is 0 Å². The van der Waals surface area contributed by atoms with Crippen molar-refractivity contribution in [2.45, 2.75) is 20.1 Å². The Kier molecular flexibility index (Phi) is 3.17. The molecule has 0 aliphatic carbocycles. The van der Waals surface area contributed by atoms with Gasteiger partial charge >= 0.3 is 0 Å². The van der Waals surface area contributed by atoms with Crippen LogP contribution in [-0.2, 0) is 13.2 Å². The number of halogens is 1. The Morgan fingerprint density at radius 1 is 1.50 bits per heavy atom. The van der Waals surface area contributed by atoms with Gasteiger partial charge < -0.3 is 5.11 Å². The van der Waals surface area contributed by atoms with E-state index in [-0.39, 0.29) is 6.61 Å². The van der Waals surface area contributed by atoms with Gasteiger partial charge in [0.1, 0.15) is 10.8 Å². The van der Waals surface area contributed by atoms with Crippen molar-refractivity contribution >= 4 is 11.6 Å². The lowest BCUT2D eigenvalue weighted by molar-refractivity contribution is 0.276. The van der Waals surface area contributed by atoms with Crippen molar-refractivity contribution in [2.75, 3.05) is 0 Å². The van der Waals surface area contributed by atoms with Crippen LogP contribution in [0.1, 0.15) is 16.8 Å². The van der Waals surface area contributed by atoms with Crippen LogP contribution >= 0.6 is 11.6 Å². The van der Waals surface area contributed by atoms with Gasteiger partial charge in [-0.3, -0.25) is 0 Å². The molecule has 2 aromatic heterocycles. The summed E-state index contributed by atoms with van der Waals surface area (Å²) in [6.07, 6.45) is 3.39. The Morgan fingerprint density at radius 2 is 2.31 bits per heavy atom. The number of rotatable bonds is 3. The first-order chi connectivity index (χ1) is 7.69. The number of aliphatic hydroxyl groups excluding tert-OH is 1. The maximum absolute atomic E-state index is 8.86. The number of aryl methyl sites for hydroxylation is 1. The molecule has 0 aliphatic heterocycles. The van der Waals surface area contributed by atoms with Gasteiger partial charge in [-0.25, -0.2) is 9.67 Å². The Bertz CT molecular complexity index is 497. The van der Waals surface area contributed by atoms with Gasteiger partial charge in [0.25, 0.3) is 0 Å². The van der Waals surface area contributed by atoms with E-state index < -0.39 is 0 Å². The van der Waals surface area contributed by atoms with E-state index in [9.17, 15) is 0 Å². The molecule has 0 fully saturated rings. The standard InChI is InChI=1S/C10H11ClN4O/c1-7-2-8(10(11)12-3-7)4-15-5-9(6-16)13-14-15/h2-3,5,16H,4,6H2,1H3. The summed E-state index contributed by atoms with van der Waals surface area (Å²) in [5.74, 6) is 0. The highest BCUT2D eigenvalue weighted by molar-refractivity contribution is 6.30. The molecule has 0 aliphatic rings. The number of hydrogen-bond acceptors (Lipinski definition) is 4. The van der Waals surface area contributed by atoms with Crippen LogP contribution in [0, 0.1) is 6.92 Å². The first kappa shape index (κ1) is 11.0. The second kappa shape index (κ2) is 4.59. The fourth-order valence-corrected chi connectivity index (χ4v) is 1.55. The molecule has 0 aromatic carbocycles. The molecule has 0 radical (unpaired) electrons. The number of aromatic nitrogens is 4. The highest BCUT2D eigenvalue weighted by atomic mass is 35.5. The fourth-order valence-electron chi connectivity index (χ4n) is 1.39. The third kappa shape index (κ3) is 2.37. The normalized spacial score (nSPS) is 10.7. The average molecular weight is 239 g/mol. The minimum atomic E-state index is -0.111. The van der Waals surface area contributed by atoms with Crippen molar-refractivity contribution in [1.29, 1.82) is 0 Å². The van der Waals surface area contributed by atoms with Gasteiger partial charge in [-0.2, -0.15) is 0 Å². The molecule has 1 N–H and O–H groups in total. The van der Waals surface area contributed by atoms with Crippen molar-refractivity contribution in [1.82, 2.24) is 20.0 Å². The van der Waals surface area contributed by atoms with Crippen molar-refractivity contribution in [3.63, 3.8) is 0 Å². The molecular formula is C10H11ClN4O. The molecule has 0 saturated heterocycles. The van der Waals surface area contributed by atoms with E-state index in [1.165, 1.54) is 0 Å². The van der Waals surface area contributed by atoms with Crippen LogP contribution in [0.25, 0.3) is 0 Å².